The van der Waals surface area contributed by atoms with E-state index in [1.807, 2.05) is 24.3 Å². The average Bonchev–Trinajstić information content (AvgIpc) is 2.99. The van der Waals surface area contributed by atoms with Crippen molar-refractivity contribution in [2.24, 2.45) is 5.10 Å². The van der Waals surface area contributed by atoms with Gasteiger partial charge < -0.3 is 4.42 Å². The number of amides is 1. The Morgan fingerprint density at radius 2 is 1.88 bits per heavy atom. The summed E-state index contributed by atoms with van der Waals surface area (Å²) >= 11 is 5.62. The summed E-state index contributed by atoms with van der Waals surface area (Å²) in [6.45, 7) is 6.51. The van der Waals surface area contributed by atoms with Gasteiger partial charge in [0.1, 0.15) is 5.58 Å². The van der Waals surface area contributed by atoms with Crippen molar-refractivity contribution in [1.29, 1.82) is 0 Å². The van der Waals surface area contributed by atoms with Gasteiger partial charge in [-0.05, 0) is 57.3 Å². The lowest BCUT2D eigenvalue weighted by atomic mass is 9.87. The molecule has 0 aliphatic rings. The van der Waals surface area contributed by atoms with E-state index in [4.69, 9.17) is 4.42 Å². The van der Waals surface area contributed by atoms with Gasteiger partial charge in [0, 0.05) is 9.86 Å². The highest BCUT2D eigenvalue weighted by Crippen LogP contribution is 2.28. The van der Waals surface area contributed by atoms with Gasteiger partial charge in [-0.3, -0.25) is 4.79 Å². The van der Waals surface area contributed by atoms with Crippen molar-refractivity contribution in [2.45, 2.75) is 26.2 Å². The zero-order chi connectivity index (χ0) is 18.9. The molecule has 0 atom stereocenters. The van der Waals surface area contributed by atoms with E-state index in [9.17, 15) is 4.79 Å². The van der Waals surface area contributed by atoms with Crippen molar-refractivity contribution < 1.29 is 9.21 Å². The summed E-state index contributed by atoms with van der Waals surface area (Å²) in [5.74, 6) is -0.146. The Morgan fingerprint density at radius 1 is 1.19 bits per heavy atom. The average molecular weight is 525 g/mol. The number of benzene rings is 2. The fourth-order valence-corrected chi connectivity index (χ4v) is 4.14. The van der Waals surface area contributed by atoms with E-state index in [1.54, 1.807) is 12.3 Å². The minimum Gasteiger partial charge on any atom is -0.450 e. The van der Waals surface area contributed by atoms with E-state index in [2.05, 4.69) is 82.0 Å². The minimum atomic E-state index is -0.379. The van der Waals surface area contributed by atoms with Crippen LogP contribution < -0.4 is 5.43 Å². The molecule has 0 saturated heterocycles. The molecule has 0 saturated carbocycles. The zero-order valence-electron chi connectivity index (χ0n) is 14.6. The molecule has 2 aromatic carbocycles. The number of nitrogens with zero attached hydrogens (tertiary/aromatic N) is 1. The van der Waals surface area contributed by atoms with E-state index >= 15 is 0 Å². The summed E-state index contributed by atoms with van der Waals surface area (Å²) in [4.78, 5) is 12.3. The molecule has 0 aliphatic heterocycles. The summed E-state index contributed by atoms with van der Waals surface area (Å²) in [7, 11) is 0. The van der Waals surface area contributed by atoms with Crippen LogP contribution >= 0.6 is 38.5 Å². The van der Waals surface area contributed by atoms with Crippen molar-refractivity contribution in [1.82, 2.24) is 5.43 Å². The number of rotatable bonds is 3. The number of hydrogen-bond donors (Lipinski definition) is 1. The molecule has 1 amide bonds. The molecular weight excluding hydrogens is 507 g/mol. The molecule has 0 bridgehead atoms. The third kappa shape index (κ3) is 4.35. The number of hydrogen-bond acceptors (Lipinski definition) is 3. The summed E-state index contributed by atoms with van der Waals surface area (Å²) in [5.41, 5.74) is 5.48. The predicted octanol–water partition coefficient (Wildman–Crippen LogP) is 5.86. The van der Waals surface area contributed by atoms with Crippen LogP contribution in [0.15, 0.2) is 56.5 Å². The molecule has 134 valence electrons. The Kier molecular flexibility index (Phi) is 5.53. The molecule has 26 heavy (non-hydrogen) atoms. The van der Waals surface area contributed by atoms with E-state index in [0.29, 0.717) is 5.58 Å². The van der Waals surface area contributed by atoms with Gasteiger partial charge in [-0.15, -0.1) is 0 Å². The van der Waals surface area contributed by atoms with Gasteiger partial charge >= 0.3 is 5.91 Å². The molecule has 3 rings (SSSR count). The summed E-state index contributed by atoms with van der Waals surface area (Å²) in [6.07, 6.45) is 1.62. The first-order valence-electron chi connectivity index (χ1n) is 8.06. The highest BCUT2D eigenvalue weighted by molar-refractivity contribution is 14.1. The Bertz CT molecular complexity index is 985. The van der Waals surface area contributed by atoms with Crippen LogP contribution in [0.25, 0.3) is 11.0 Å². The molecular formula is C20H18BrIN2O2. The predicted molar refractivity (Wildman–Crippen MR) is 117 cm³/mol. The van der Waals surface area contributed by atoms with Crippen molar-refractivity contribution in [3.05, 3.63) is 67.4 Å². The van der Waals surface area contributed by atoms with Crippen LogP contribution in [0.5, 0.6) is 0 Å². The van der Waals surface area contributed by atoms with Gasteiger partial charge in [-0.2, -0.15) is 5.10 Å². The molecule has 0 fully saturated rings. The number of nitrogens with one attached hydrogen (secondary N) is 1. The second-order valence-electron chi connectivity index (χ2n) is 6.99. The minimum absolute atomic E-state index is 0.109. The first kappa shape index (κ1) is 19.1. The van der Waals surface area contributed by atoms with Crippen LogP contribution in [0, 0.1) is 3.57 Å². The number of carbonyl (C=O) groups is 1. The third-order valence-corrected chi connectivity index (χ3v) is 5.18. The van der Waals surface area contributed by atoms with Gasteiger partial charge in [0.25, 0.3) is 0 Å². The number of fused-ring (bicyclic) bond motifs is 1. The van der Waals surface area contributed by atoms with Crippen molar-refractivity contribution >= 4 is 61.6 Å². The highest BCUT2D eigenvalue weighted by atomic mass is 127. The van der Waals surface area contributed by atoms with Crippen LogP contribution in [0.3, 0.4) is 0 Å². The van der Waals surface area contributed by atoms with Gasteiger partial charge in [-0.1, -0.05) is 61.0 Å². The van der Waals surface area contributed by atoms with Crippen molar-refractivity contribution in [3.8, 4) is 0 Å². The SMILES string of the molecule is CC(C)(C)c1ccc(/C=N\NC(=O)c2cc3cc(Br)cc(I)c3o2)cc1. The Morgan fingerprint density at radius 3 is 2.54 bits per heavy atom. The van der Waals surface area contributed by atoms with E-state index < -0.39 is 0 Å². The fraction of sp³-hybridized carbons (Fsp3) is 0.200. The van der Waals surface area contributed by atoms with Crippen molar-refractivity contribution in [3.63, 3.8) is 0 Å². The number of furan rings is 1. The van der Waals surface area contributed by atoms with Crippen LogP contribution in [-0.2, 0) is 5.41 Å². The third-order valence-electron chi connectivity index (χ3n) is 3.92. The molecule has 0 spiro atoms. The normalized spacial score (nSPS) is 12.0. The molecule has 1 aromatic heterocycles. The molecule has 3 aromatic rings. The Labute approximate surface area is 174 Å². The maximum absolute atomic E-state index is 12.3. The molecule has 0 unspecified atom stereocenters. The molecule has 4 nitrogen and oxygen atoms in total. The quantitative estimate of drug-likeness (QED) is 0.265. The molecule has 0 radical (unpaired) electrons. The van der Waals surface area contributed by atoms with Gasteiger partial charge in [0.15, 0.2) is 5.76 Å². The molecule has 1 N–H and O–H groups in total. The van der Waals surface area contributed by atoms with E-state index in [0.717, 1.165) is 19.0 Å². The molecule has 6 heteroatoms. The largest absolute Gasteiger partial charge is 0.450 e. The fourth-order valence-electron chi connectivity index (χ4n) is 2.48. The lowest BCUT2D eigenvalue weighted by Gasteiger charge is -2.18. The van der Waals surface area contributed by atoms with Crippen LogP contribution in [-0.4, -0.2) is 12.1 Å². The second-order valence-corrected chi connectivity index (χ2v) is 9.07. The Balaban J connectivity index is 1.70. The van der Waals surface area contributed by atoms with Crippen LogP contribution in [0.4, 0.5) is 0 Å². The Hall–Kier alpha value is -1.67. The lowest BCUT2D eigenvalue weighted by Crippen LogP contribution is -2.16. The summed E-state index contributed by atoms with van der Waals surface area (Å²) in [6, 6.07) is 13.7. The van der Waals surface area contributed by atoms with Gasteiger partial charge in [-0.25, -0.2) is 5.43 Å². The number of halogens is 2. The molecule has 0 aliphatic carbocycles. The monoisotopic (exact) mass is 524 g/mol. The first-order chi connectivity index (χ1) is 12.2. The lowest BCUT2D eigenvalue weighted by molar-refractivity contribution is 0.0929. The smallest absolute Gasteiger partial charge is 0.307 e. The van der Waals surface area contributed by atoms with E-state index in [1.165, 1.54) is 5.56 Å². The van der Waals surface area contributed by atoms with Crippen molar-refractivity contribution in [2.75, 3.05) is 0 Å². The number of hydrazone groups is 1. The summed E-state index contributed by atoms with van der Waals surface area (Å²) in [5, 5.41) is 4.90. The second kappa shape index (κ2) is 7.52. The van der Waals surface area contributed by atoms with Crippen LogP contribution in [0.2, 0.25) is 0 Å². The van der Waals surface area contributed by atoms with Gasteiger partial charge in [0.05, 0.1) is 9.78 Å². The summed E-state index contributed by atoms with van der Waals surface area (Å²) < 4.78 is 7.54. The maximum Gasteiger partial charge on any atom is 0.307 e. The van der Waals surface area contributed by atoms with Gasteiger partial charge in [0.2, 0.25) is 0 Å². The standard InChI is InChI=1S/C20H18BrIN2O2/c1-20(2,3)14-6-4-12(5-7-14)11-23-24-19(25)17-9-13-8-15(21)10-16(22)18(13)26-17/h4-11H,1-3H3,(H,24,25)/b23-11-. The van der Waals surface area contributed by atoms with E-state index in [-0.39, 0.29) is 17.1 Å². The first-order valence-corrected chi connectivity index (χ1v) is 9.94. The highest BCUT2D eigenvalue weighted by Gasteiger charge is 2.14. The topological polar surface area (TPSA) is 54.6 Å². The zero-order valence-corrected chi connectivity index (χ0v) is 18.4. The maximum atomic E-state index is 12.3. The number of carbonyl (C=O) groups excluding carboxylic acids is 1. The van der Waals surface area contributed by atoms with Crippen LogP contribution in [0.1, 0.15) is 42.5 Å². The molecule has 1 heterocycles.